The SMILES string of the molecule is COC[C@H](Cc1ccc(C)cc1)n1c(=N)n(Cc2ccc(C)cc2)c2ccc(Br)cc21. The van der Waals surface area contributed by atoms with Gasteiger partial charge in [0.05, 0.1) is 30.2 Å². The summed E-state index contributed by atoms with van der Waals surface area (Å²) in [5, 5.41) is 9.10. The van der Waals surface area contributed by atoms with E-state index in [2.05, 4.69) is 99.6 Å². The van der Waals surface area contributed by atoms with Crippen LogP contribution in [-0.4, -0.2) is 22.9 Å². The molecule has 0 fully saturated rings. The molecule has 1 atom stereocenters. The van der Waals surface area contributed by atoms with E-state index in [0.717, 1.165) is 21.9 Å². The number of rotatable bonds is 7. The topological polar surface area (TPSA) is 42.9 Å². The molecular weight excluding hydrogens is 450 g/mol. The van der Waals surface area contributed by atoms with Crippen molar-refractivity contribution >= 4 is 27.0 Å². The summed E-state index contributed by atoms with van der Waals surface area (Å²) in [7, 11) is 1.73. The molecule has 0 spiro atoms. The summed E-state index contributed by atoms with van der Waals surface area (Å²) < 4.78 is 10.8. The Labute approximate surface area is 191 Å². The summed E-state index contributed by atoms with van der Waals surface area (Å²) in [6.07, 6.45) is 0.806. The summed E-state index contributed by atoms with van der Waals surface area (Å²) >= 11 is 3.62. The van der Waals surface area contributed by atoms with Crippen molar-refractivity contribution in [3.63, 3.8) is 0 Å². The number of nitrogens with one attached hydrogen (secondary N) is 1. The van der Waals surface area contributed by atoms with Gasteiger partial charge in [0, 0.05) is 11.6 Å². The van der Waals surface area contributed by atoms with Gasteiger partial charge in [-0.1, -0.05) is 75.6 Å². The van der Waals surface area contributed by atoms with Crippen LogP contribution in [0.4, 0.5) is 0 Å². The zero-order valence-electron chi connectivity index (χ0n) is 18.2. The molecule has 0 unspecified atom stereocenters. The molecule has 5 heteroatoms. The van der Waals surface area contributed by atoms with Gasteiger partial charge in [-0.2, -0.15) is 0 Å². The van der Waals surface area contributed by atoms with Gasteiger partial charge in [-0.25, -0.2) is 0 Å². The number of methoxy groups -OCH3 is 1. The number of hydrogen-bond acceptors (Lipinski definition) is 2. The molecule has 4 nitrogen and oxygen atoms in total. The Bertz CT molecular complexity index is 1240. The van der Waals surface area contributed by atoms with Crippen LogP contribution in [0.15, 0.2) is 71.2 Å². The minimum absolute atomic E-state index is 0.0243. The molecule has 0 aliphatic rings. The second kappa shape index (κ2) is 9.25. The summed E-state index contributed by atoms with van der Waals surface area (Å²) in [5.41, 5.74) is 7.51. The molecule has 1 heterocycles. The lowest BCUT2D eigenvalue weighted by Gasteiger charge is -2.19. The number of ether oxygens (including phenoxy) is 1. The summed E-state index contributed by atoms with van der Waals surface area (Å²) in [4.78, 5) is 0. The predicted molar refractivity (Wildman–Crippen MR) is 130 cm³/mol. The average Bonchev–Trinajstić information content (AvgIpc) is 3.01. The largest absolute Gasteiger partial charge is 0.383 e. The van der Waals surface area contributed by atoms with Gasteiger partial charge >= 0.3 is 0 Å². The number of benzene rings is 3. The maximum Gasteiger partial charge on any atom is 0.203 e. The van der Waals surface area contributed by atoms with Crippen LogP contribution in [-0.2, 0) is 17.7 Å². The summed E-state index contributed by atoms with van der Waals surface area (Å²) in [5.74, 6) is 0. The van der Waals surface area contributed by atoms with Gasteiger partial charge in [0.2, 0.25) is 5.62 Å². The smallest absolute Gasteiger partial charge is 0.203 e. The molecule has 1 aromatic heterocycles. The molecule has 1 N–H and O–H groups in total. The highest BCUT2D eigenvalue weighted by atomic mass is 79.9. The Morgan fingerprint density at radius 3 is 2.10 bits per heavy atom. The molecule has 0 aliphatic carbocycles. The molecule has 0 saturated carbocycles. The maximum atomic E-state index is 9.10. The number of imidazole rings is 1. The highest BCUT2D eigenvalue weighted by Crippen LogP contribution is 2.25. The Balaban J connectivity index is 1.82. The molecule has 0 amide bonds. The third-order valence-electron chi connectivity index (χ3n) is 5.75. The van der Waals surface area contributed by atoms with Gasteiger partial charge in [0.1, 0.15) is 0 Å². The number of fused-ring (bicyclic) bond motifs is 1. The fourth-order valence-electron chi connectivity index (χ4n) is 4.10. The van der Waals surface area contributed by atoms with Crippen molar-refractivity contribution in [2.45, 2.75) is 32.9 Å². The monoisotopic (exact) mass is 477 g/mol. The molecular formula is C26H28BrN3O. The van der Waals surface area contributed by atoms with Crippen molar-refractivity contribution in [3.8, 4) is 0 Å². The highest BCUT2D eigenvalue weighted by molar-refractivity contribution is 9.10. The summed E-state index contributed by atoms with van der Waals surface area (Å²) in [6, 6.07) is 23.4. The van der Waals surface area contributed by atoms with Crippen molar-refractivity contribution < 1.29 is 4.74 Å². The lowest BCUT2D eigenvalue weighted by atomic mass is 10.0. The third kappa shape index (κ3) is 4.68. The first-order chi connectivity index (χ1) is 15.0. The number of aromatic nitrogens is 2. The van der Waals surface area contributed by atoms with Gasteiger partial charge in [-0.05, 0) is 49.6 Å². The average molecular weight is 478 g/mol. The zero-order chi connectivity index (χ0) is 22.0. The van der Waals surface area contributed by atoms with E-state index in [4.69, 9.17) is 10.1 Å². The lowest BCUT2D eigenvalue weighted by Crippen LogP contribution is -2.31. The predicted octanol–water partition coefficient (Wildman–Crippen LogP) is 5.78. The van der Waals surface area contributed by atoms with E-state index < -0.39 is 0 Å². The first kappa shape index (κ1) is 21.6. The Morgan fingerprint density at radius 1 is 0.871 bits per heavy atom. The van der Waals surface area contributed by atoms with Gasteiger partial charge in [0.15, 0.2) is 0 Å². The van der Waals surface area contributed by atoms with Crippen molar-refractivity contribution in [2.75, 3.05) is 13.7 Å². The first-order valence-electron chi connectivity index (χ1n) is 10.5. The van der Waals surface area contributed by atoms with Crippen LogP contribution < -0.4 is 5.62 Å². The molecule has 4 rings (SSSR count). The number of halogens is 1. The number of nitrogens with zero attached hydrogens (tertiary/aromatic N) is 2. The van der Waals surface area contributed by atoms with Crippen molar-refractivity contribution in [2.24, 2.45) is 0 Å². The van der Waals surface area contributed by atoms with Crippen molar-refractivity contribution in [3.05, 3.63) is 99.1 Å². The molecule has 0 saturated heterocycles. The number of hydrogen-bond donors (Lipinski definition) is 1. The Morgan fingerprint density at radius 2 is 1.48 bits per heavy atom. The fraction of sp³-hybridized carbons (Fsp3) is 0.269. The minimum atomic E-state index is 0.0243. The molecule has 0 bridgehead atoms. The van der Waals surface area contributed by atoms with E-state index in [1.54, 1.807) is 7.11 Å². The van der Waals surface area contributed by atoms with Crippen LogP contribution in [0.2, 0.25) is 0 Å². The van der Waals surface area contributed by atoms with E-state index in [0.29, 0.717) is 18.8 Å². The normalized spacial score (nSPS) is 12.4. The van der Waals surface area contributed by atoms with Crippen LogP contribution in [0.5, 0.6) is 0 Å². The van der Waals surface area contributed by atoms with E-state index in [1.165, 1.54) is 22.3 Å². The molecule has 0 aliphatic heterocycles. The highest BCUT2D eigenvalue weighted by Gasteiger charge is 2.20. The third-order valence-corrected chi connectivity index (χ3v) is 6.24. The van der Waals surface area contributed by atoms with Crippen LogP contribution in [0.25, 0.3) is 11.0 Å². The van der Waals surface area contributed by atoms with Gasteiger partial charge < -0.3 is 13.9 Å². The molecule has 3 aromatic carbocycles. The van der Waals surface area contributed by atoms with E-state index in [1.807, 2.05) is 6.07 Å². The Kier molecular flexibility index (Phi) is 6.44. The molecule has 31 heavy (non-hydrogen) atoms. The summed E-state index contributed by atoms with van der Waals surface area (Å²) in [6.45, 7) is 5.40. The second-order valence-electron chi connectivity index (χ2n) is 8.20. The van der Waals surface area contributed by atoms with Gasteiger partial charge in [0.25, 0.3) is 0 Å². The van der Waals surface area contributed by atoms with Gasteiger partial charge in [-0.3, -0.25) is 5.41 Å². The van der Waals surface area contributed by atoms with Gasteiger partial charge in [-0.15, -0.1) is 0 Å². The Hall–Kier alpha value is -2.63. The molecule has 4 aromatic rings. The van der Waals surface area contributed by atoms with E-state index in [9.17, 15) is 0 Å². The standard InChI is InChI=1S/C26H28BrN3O/c1-18-4-8-20(9-5-18)14-23(17-31-3)30-25-15-22(27)12-13-24(25)29(26(30)28)16-21-10-6-19(2)7-11-21/h4-13,15,23,28H,14,16-17H2,1-3H3/t23-/m0/s1. The molecule has 160 valence electrons. The quantitative estimate of drug-likeness (QED) is 0.360. The van der Waals surface area contributed by atoms with Crippen molar-refractivity contribution in [1.29, 1.82) is 5.41 Å². The van der Waals surface area contributed by atoms with Crippen LogP contribution in [0.3, 0.4) is 0 Å². The number of aryl methyl sites for hydroxylation is 2. The van der Waals surface area contributed by atoms with E-state index >= 15 is 0 Å². The second-order valence-corrected chi connectivity index (χ2v) is 9.11. The zero-order valence-corrected chi connectivity index (χ0v) is 19.8. The maximum absolute atomic E-state index is 9.10. The first-order valence-corrected chi connectivity index (χ1v) is 11.3. The minimum Gasteiger partial charge on any atom is -0.383 e. The van der Waals surface area contributed by atoms with Crippen LogP contribution in [0.1, 0.15) is 28.3 Å². The molecule has 0 radical (unpaired) electrons. The van der Waals surface area contributed by atoms with E-state index in [-0.39, 0.29) is 6.04 Å². The van der Waals surface area contributed by atoms with Crippen LogP contribution >= 0.6 is 15.9 Å². The van der Waals surface area contributed by atoms with Crippen molar-refractivity contribution in [1.82, 2.24) is 9.13 Å². The fourth-order valence-corrected chi connectivity index (χ4v) is 4.44. The van der Waals surface area contributed by atoms with Crippen LogP contribution in [0, 0.1) is 19.3 Å². The lowest BCUT2D eigenvalue weighted by molar-refractivity contribution is 0.154.